The normalized spacial score (nSPS) is 13.1. The van der Waals surface area contributed by atoms with Crippen LogP contribution in [0.4, 0.5) is 4.39 Å². The maximum Gasteiger partial charge on any atom is 0.516 e. The van der Waals surface area contributed by atoms with Gasteiger partial charge in [0.2, 0.25) is 5.66 Å². The van der Waals surface area contributed by atoms with Crippen molar-refractivity contribution in [1.29, 1.82) is 0 Å². The summed E-state index contributed by atoms with van der Waals surface area (Å²) < 4.78 is 30.8. The monoisotopic (exact) mass is 494 g/mol. The second-order valence-corrected chi connectivity index (χ2v) is 9.60. The van der Waals surface area contributed by atoms with Crippen LogP contribution in [0.2, 0.25) is 0 Å². The fraction of sp³-hybridized carbons (Fsp3) is 0.259. The molecule has 1 aromatic heterocycles. The Kier molecular flexibility index (Phi) is 8.48. The zero-order chi connectivity index (χ0) is 25.7. The highest BCUT2D eigenvalue weighted by Crippen LogP contribution is 2.48. The van der Waals surface area contributed by atoms with Crippen LogP contribution in [0.15, 0.2) is 54.6 Å². The Balaban J connectivity index is 2.33. The highest BCUT2D eigenvalue weighted by molar-refractivity contribution is 7.38. The quantitative estimate of drug-likeness (QED) is 0.239. The van der Waals surface area contributed by atoms with Crippen LogP contribution in [-0.4, -0.2) is 27.1 Å². The van der Waals surface area contributed by atoms with E-state index in [1.54, 1.807) is 24.3 Å². The van der Waals surface area contributed by atoms with Gasteiger partial charge in [-0.3, -0.25) is 9.78 Å². The van der Waals surface area contributed by atoms with Crippen molar-refractivity contribution < 1.29 is 28.5 Å². The molecule has 180 valence electrons. The van der Waals surface area contributed by atoms with Gasteiger partial charge in [-0.05, 0) is 52.3 Å². The number of hydrogen-bond acceptors (Lipinski definition) is 5. The molecule has 0 spiro atoms. The van der Waals surface area contributed by atoms with Gasteiger partial charge in [-0.2, -0.15) is 4.89 Å². The van der Waals surface area contributed by atoms with E-state index in [4.69, 9.17) is 11.4 Å². The Morgan fingerprint density at radius 1 is 1.17 bits per heavy atom. The van der Waals surface area contributed by atoms with Crippen LogP contribution in [-0.2, 0) is 14.1 Å². The van der Waals surface area contributed by atoms with E-state index in [1.165, 1.54) is 12.1 Å². The first-order chi connectivity index (χ1) is 16.6. The molecule has 6 nitrogen and oxygen atoms in total. The number of aryl methyl sites for hydroxylation is 1. The average molecular weight is 494 g/mol. The zero-order valence-corrected chi connectivity index (χ0v) is 20.5. The number of aromatic nitrogens is 1. The fourth-order valence-corrected chi connectivity index (χ4v) is 4.92. The fourth-order valence-electron chi connectivity index (χ4n) is 4.03. The van der Waals surface area contributed by atoms with Gasteiger partial charge in [0.1, 0.15) is 18.0 Å². The third-order valence-electron chi connectivity index (χ3n) is 5.66. The summed E-state index contributed by atoms with van der Waals surface area (Å²) >= 11 is 0. The topological polar surface area (TPSA) is 96.7 Å². The molecule has 8 heteroatoms. The molecule has 3 unspecified atom stereocenters. The summed E-state index contributed by atoms with van der Waals surface area (Å²) in [5.41, 5.74) is 2.98. The second-order valence-electron chi connectivity index (χ2n) is 8.44. The molecule has 0 saturated carbocycles. The van der Waals surface area contributed by atoms with Crippen LogP contribution in [0, 0.1) is 25.3 Å². The summed E-state index contributed by atoms with van der Waals surface area (Å²) in [4.78, 5) is 27.1. The number of hydrogen-bond donors (Lipinski definition) is 2. The van der Waals surface area contributed by atoms with Gasteiger partial charge in [0.25, 0.3) is 0 Å². The first kappa shape index (κ1) is 26.2. The molecule has 3 aromatic rings. The van der Waals surface area contributed by atoms with Crippen LogP contribution in [0.5, 0.6) is 0 Å². The van der Waals surface area contributed by atoms with Crippen molar-refractivity contribution in [2.75, 3.05) is 0 Å². The molecule has 0 amide bonds. The zero-order valence-electron chi connectivity index (χ0n) is 19.6. The van der Waals surface area contributed by atoms with Gasteiger partial charge in [-0.25, -0.2) is 4.39 Å². The number of terminal acetylenes is 1. The lowest BCUT2D eigenvalue weighted by Crippen LogP contribution is -2.23. The van der Waals surface area contributed by atoms with E-state index in [1.807, 2.05) is 45.0 Å². The Morgan fingerprint density at radius 3 is 2.40 bits per heavy atom. The Hall–Kier alpha value is -3.43. The lowest BCUT2D eigenvalue weighted by Gasteiger charge is -2.22. The maximum absolute atomic E-state index is 13.7. The van der Waals surface area contributed by atoms with Crippen LogP contribution >= 0.6 is 8.03 Å². The number of carbonyl (C=O) groups is 1. The van der Waals surface area contributed by atoms with Gasteiger partial charge < -0.3 is 9.84 Å². The van der Waals surface area contributed by atoms with E-state index >= 15 is 0 Å². The summed E-state index contributed by atoms with van der Waals surface area (Å²) in [6.07, 6.45) is 4.57. The molecule has 1 heterocycles. The summed E-state index contributed by atoms with van der Waals surface area (Å²) in [6, 6.07) is 15.1. The molecule has 35 heavy (non-hydrogen) atoms. The molecular weight excluding hydrogens is 468 g/mol. The number of esters is 1. The van der Waals surface area contributed by atoms with Crippen LogP contribution in [0.25, 0.3) is 22.4 Å². The summed E-state index contributed by atoms with van der Waals surface area (Å²) in [7, 11) is -3.02. The molecule has 2 N–H and O–H groups in total. The molecule has 0 saturated heterocycles. The minimum Gasteiger partial charge on any atom is -0.387 e. The van der Waals surface area contributed by atoms with E-state index in [2.05, 4.69) is 4.74 Å². The van der Waals surface area contributed by atoms with Gasteiger partial charge >= 0.3 is 14.0 Å². The molecule has 3 atom stereocenters. The molecule has 0 aliphatic rings. The third kappa shape index (κ3) is 5.98. The van der Waals surface area contributed by atoms with Gasteiger partial charge in [-0.1, -0.05) is 56.7 Å². The molecule has 3 rings (SSSR count). The number of pyridine rings is 1. The van der Waals surface area contributed by atoms with E-state index in [0.29, 0.717) is 28.1 Å². The second kappa shape index (κ2) is 11.3. The molecule has 2 aromatic carbocycles. The Bertz CT molecular complexity index is 1280. The van der Waals surface area contributed by atoms with Gasteiger partial charge in [0, 0.05) is 11.1 Å². The largest absolute Gasteiger partial charge is 0.516 e. The lowest BCUT2D eigenvalue weighted by atomic mass is 9.88. The van der Waals surface area contributed by atoms with E-state index in [0.717, 1.165) is 11.1 Å². The van der Waals surface area contributed by atoms with Crippen LogP contribution in [0.3, 0.4) is 0 Å². The van der Waals surface area contributed by atoms with Crippen LogP contribution in [0.1, 0.15) is 48.7 Å². The summed E-state index contributed by atoms with van der Waals surface area (Å²) in [5, 5.41) is 10.9. The van der Waals surface area contributed by atoms with Gasteiger partial charge in [0.15, 0.2) is 0 Å². The van der Waals surface area contributed by atoms with Gasteiger partial charge in [0.05, 0.1) is 17.8 Å². The standard InChI is InChI=1S/C27H25FNO5P/c1-5-34-24(31)15-23(30)27(35(32)33)25-21(18-10-12-19(28)13-11-18)14-22(29-26(25)16(2)3)20-9-7-6-8-17(20)4/h1,6-14,16,23,27,30H,15H2,2-4H3/p+1. The minimum absolute atomic E-state index is 0.213. The maximum atomic E-state index is 13.7. The molecular formula is C27H26FNO5P+. The van der Waals surface area contributed by atoms with E-state index in [9.17, 15) is 23.7 Å². The van der Waals surface area contributed by atoms with Crippen molar-refractivity contribution in [3.05, 3.63) is 77.2 Å². The molecule has 0 aliphatic carbocycles. The molecule has 0 bridgehead atoms. The van der Waals surface area contributed by atoms with Crippen molar-refractivity contribution in [3.8, 4) is 34.9 Å². The highest BCUT2D eigenvalue weighted by Gasteiger charge is 2.44. The first-order valence-electron chi connectivity index (χ1n) is 11.0. The predicted molar refractivity (Wildman–Crippen MR) is 132 cm³/mol. The summed E-state index contributed by atoms with van der Waals surface area (Å²) in [5.74, 6) is -1.55. The number of aliphatic hydroxyl groups excluding tert-OH is 1. The van der Waals surface area contributed by atoms with Crippen LogP contribution < -0.4 is 0 Å². The summed E-state index contributed by atoms with van der Waals surface area (Å²) in [6.45, 7) is 5.70. The van der Waals surface area contributed by atoms with E-state index in [-0.39, 0.29) is 5.92 Å². The number of halogens is 1. The minimum atomic E-state index is -3.02. The molecule has 0 fully saturated rings. The number of aliphatic hydroxyl groups is 1. The average Bonchev–Trinajstić information content (AvgIpc) is 2.80. The number of carbonyl (C=O) groups excluding carboxylic acids is 1. The van der Waals surface area contributed by atoms with Crippen molar-refractivity contribution in [2.24, 2.45) is 0 Å². The van der Waals surface area contributed by atoms with Crippen molar-refractivity contribution >= 4 is 14.0 Å². The Labute approximate surface area is 204 Å². The number of rotatable bonds is 8. The molecule has 0 aliphatic heterocycles. The van der Waals surface area contributed by atoms with Crippen molar-refractivity contribution in [1.82, 2.24) is 4.98 Å². The highest BCUT2D eigenvalue weighted by atomic mass is 31.1. The number of nitrogens with zero attached hydrogens (tertiary/aromatic N) is 1. The van der Waals surface area contributed by atoms with Crippen molar-refractivity contribution in [3.63, 3.8) is 0 Å². The van der Waals surface area contributed by atoms with Crippen molar-refractivity contribution in [2.45, 2.75) is 44.9 Å². The van der Waals surface area contributed by atoms with Gasteiger partial charge in [-0.15, -0.1) is 0 Å². The molecule has 0 radical (unpaired) electrons. The number of ether oxygens (including phenoxy) is 1. The Morgan fingerprint density at radius 2 is 1.83 bits per heavy atom. The predicted octanol–water partition coefficient (Wildman–Crippen LogP) is 5.65. The first-order valence-corrected chi connectivity index (χ1v) is 12.3. The number of benzene rings is 2. The van der Waals surface area contributed by atoms with E-state index < -0.39 is 38.0 Å². The smallest absolute Gasteiger partial charge is 0.387 e. The SMILES string of the molecule is C#COC(=O)CC(O)C(c1c(-c2ccc(F)cc2)cc(-c2ccccc2C)nc1C(C)C)[P+](=O)O. The third-order valence-corrected chi connectivity index (χ3v) is 6.74. The lowest BCUT2D eigenvalue weighted by molar-refractivity contribution is -0.139.